The minimum atomic E-state index is -0.212. The molecule has 0 heterocycles. The zero-order valence-electron chi connectivity index (χ0n) is 9.94. The monoisotopic (exact) mass is 236 g/mol. The van der Waals surface area contributed by atoms with Crippen molar-refractivity contribution >= 4 is 6.08 Å². The Morgan fingerprint density at radius 2 is 1.67 bits per heavy atom. The van der Waals surface area contributed by atoms with Gasteiger partial charge >= 0.3 is 0 Å². The molecule has 0 aliphatic rings. The van der Waals surface area contributed by atoms with Crippen molar-refractivity contribution in [2.75, 3.05) is 0 Å². The first kappa shape index (κ1) is 12.1. The maximum Gasteiger partial charge on any atom is 0.123 e. The van der Waals surface area contributed by atoms with E-state index in [-0.39, 0.29) is 5.82 Å². The summed E-state index contributed by atoms with van der Waals surface area (Å²) in [6.45, 7) is 0. The molecule has 0 amide bonds. The summed E-state index contributed by atoms with van der Waals surface area (Å²) in [6.07, 6.45) is 4.61. The third-order valence-electron chi connectivity index (χ3n) is 2.41. The SMILES string of the molecule is Fc1ccc(C=CCC#Cc2ccccc2)cc1. The molecule has 0 unspecified atom stereocenters. The molecule has 0 atom stereocenters. The van der Waals surface area contributed by atoms with Crippen molar-refractivity contribution in [3.63, 3.8) is 0 Å². The molecule has 0 N–H and O–H groups in total. The first-order valence-corrected chi connectivity index (χ1v) is 5.80. The Hall–Kier alpha value is -2.33. The molecule has 1 heteroatoms. The van der Waals surface area contributed by atoms with Crippen LogP contribution in [0.3, 0.4) is 0 Å². The van der Waals surface area contributed by atoms with Gasteiger partial charge in [0.15, 0.2) is 0 Å². The second kappa shape index (κ2) is 6.42. The van der Waals surface area contributed by atoms with Crippen LogP contribution in [0.2, 0.25) is 0 Å². The number of hydrogen-bond donors (Lipinski definition) is 0. The smallest absolute Gasteiger partial charge is 0.123 e. The summed E-state index contributed by atoms with van der Waals surface area (Å²) in [4.78, 5) is 0. The fraction of sp³-hybridized carbons (Fsp3) is 0.0588. The van der Waals surface area contributed by atoms with Crippen LogP contribution in [0, 0.1) is 17.7 Å². The fourth-order valence-corrected chi connectivity index (χ4v) is 1.50. The standard InChI is InChI=1S/C17H13F/c18-17-13-11-16(12-14-17)10-6-2-5-9-15-7-3-1-4-8-15/h1,3-4,6-8,10-14H,2H2. The zero-order chi connectivity index (χ0) is 12.6. The van der Waals surface area contributed by atoms with Gasteiger partial charge in [-0.15, -0.1) is 0 Å². The molecule has 2 aromatic carbocycles. The van der Waals surface area contributed by atoms with Crippen molar-refractivity contribution in [2.45, 2.75) is 6.42 Å². The van der Waals surface area contributed by atoms with Gasteiger partial charge in [-0.05, 0) is 29.8 Å². The number of rotatable bonds is 2. The Kier molecular flexibility index (Phi) is 4.33. The Morgan fingerprint density at radius 3 is 2.39 bits per heavy atom. The highest BCUT2D eigenvalue weighted by Crippen LogP contribution is 2.05. The quantitative estimate of drug-likeness (QED) is 0.683. The minimum Gasteiger partial charge on any atom is -0.207 e. The molecule has 0 fully saturated rings. The van der Waals surface area contributed by atoms with Gasteiger partial charge in [-0.25, -0.2) is 4.39 Å². The Bertz CT molecular complexity index is 569. The number of benzene rings is 2. The first-order chi connectivity index (χ1) is 8.84. The summed E-state index contributed by atoms with van der Waals surface area (Å²) in [5, 5.41) is 0. The molecule has 2 rings (SSSR count). The van der Waals surface area contributed by atoms with Crippen molar-refractivity contribution in [1.29, 1.82) is 0 Å². The summed E-state index contributed by atoms with van der Waals surface area (Å²) in [5.41, 5.74) is 2.01. The Labute approximate surface area is 107 Å². The van der Waals surface area contributed by atoms with E-state index >= 15 is 0 Å². The highest BCUT2D eigenvalue weighted by atomic mass is 19.1. The molecule has 0 saturated carbocycles. The lowest BCUT2D eigenvalue weighted by molar-refractivity contribution is 0.628. The van der Waals surface area contributed by atoms with Crippen LogP contribution in [0.15, 0.2) is 60.7 Å². The molecule has 0 aromatic heterocycles. The molecule has 0 nitrogen and oxygen atoms in total. The van der Waals surface area contributed by atoms with Gasteiger partial charge in [0.2, 0.25) is 0 Å². The Morgan fingerprint density at radius 1 is 0.944 bits per heavy atom. The molecule has 18 heavy (non-hydrogen) atoms. The third kappa shape index (κ3) is 3.92. The molecule has 0 saturated heterocycles. The number of allylic oxidation sites excluding steroid dienone is 1. The van der Waals surface area contributed by atoms with E-state index in [0.29, 0.717) is 6.42 Å². The normalized spacial score (nSPS) is 10.1. The van der Waals surface area contributed by atoms with Gasteiger partial charge in [0, 0.05) is 12.0 Å². The molecule has 0 aliphatic heterocycles. The van der Waals surface area contributed by atoms with Crippen LogP contribution < -0.4 is 0 Å². The second-order valence-corrected chi connectivity index (χ2v) is 3.83. The van der Waals surface area contributed by atoms with E-state index in [2.05, 4.69) is 11.8 Å². The lowest BCUT2D eigenvalue weighted by atomic mass is 10.2. The predicted octanol–water partition coefficient (Wildman–Crippen LogP) is 4.28. The number of hydrogen-bond acceptors (Lipinski definition) is 0. The third-order valence-corrected chi connectivity index (χ3v) is 2.41. The van der Waals surface area contributed by atoms with E-state index in [0.717, 1.165) is 11.1 Å². The highest BCUT2D eigenvalue weighted by Gasteiger charge is 1.87. The largest absolute Gasteiger partial charge is 0.207 e. The number of halogens is 1. The van der Waals surface area contributed by atoms with Crippen molar-refractivity contribution in [3.8, 4) is 11.8 Å². The van der Waals surface area contributed by atoms with Gasteiger partial charge in [0.05, 0.1) is 0 Å². The molecule has 88 valence electrons. The molecular weight excluding hydrogens is 223 g/mol. The second-order valence-electron chi connectivity index (χ2n) is 3.83. The van der Waals surface area contributed by atoms with E-state index in [9.17, 15) is 4.39 Å². The van der Waals surface area contributed by atoms with Crippen LogP contribution >= 0.6 is 0 Å². The van der Waals surface area contributed by atoms with Crippen LogP contribution in [0.5, 0.6) is 0 Å². The first-order valence-electron chi connectivity index (χ1n) is 5.80. The van der Waals surface area contributed by atoms with Crippen molar-refractivity contribution < 1.29 is 4.39 Å². The molecule has 2 aromatic rings. The van der Waals surface area contributed by atoms with Gasteiger partial charge in [0.1, 0.15) is 5.82 Å². The van der Waals surface area contributed by atoms with Crippen molar-refractivity contribution in [1.82, 2.24) is 0 Å². The van der Waals surface area contributed by atoms with E-state index in [4.69, 9.17) is 0 Å². The van der Waals surface area contributed by atoms with Crippen molar-refractivity contribution in [3.05, 3.63) is 77.6 Å². The van der Waals surface area contributed by atoms with Crippen LogP contribution in [0.25, 0.3) is 6.08 Å². The average molecular weight is 236 g/mol. The summed E-state index contributed by atoms with van der Waals surface area (Å²) in [6, 6.07) is 16.3. The Balaban J connectivity index is 1.89. The fourth-order valence-electron chi connectivity index (χ4n) is 1.50. The maximum absolute atomic E-state index is 12.7. The molecular formula is C17H13F. The van der Waals surface area contributed by atoms with Crippen LogP contribution in [-0.4, -0.2) is 0 Å². The predicted molar refractivity (Wildman–Crippen MR) is 73.4 cm³/mol. The van der Waals surface area contributed by atoms with Crippen LogP contribution in [-0.2, 0) is 0 Å². The van der Waals surface area contributed by atoms with Crippen molar-refractivity contribution in [2.24, 2.45) is 0 Å². The van der Waals surface area contributed by atoms with Gasteiger partial charge in [-0.1, -0.05) is 54.3 Å². The maximum atomic E-state index is 12.7. The summed E-state index contributed by atoms with van der Waals surface area (Å²) in [5.74, 6) is 5.94. The summed E-state index contributed by atoms with van der Waals surface area (Å²) < 4.78 is 12.7. The van der Waals surface area contributed by atoms with Gasteiger partial charge in [-0.3, -0.25) is 0 Å². The average Bonchev–Trinajstić information content (AvgIpc) is 2.42. The lowest BCUT2D eigenvalue weighted by Gasteiger charge is -1.91. The van der Waals surface area contributed by atoms with Gasteiger partial charge in [-0.2, -0.15) is 0 Å². The molecule has 0 spiro atoms. The molecule has 0 aliphatic carbocycles. The van der Waals surface area contributed by atoms with Gasteiger partial charge < -0.3 is 0 Å². The molecule has 0 bridgehead atoms. The van der Waals surface area contributed by atoms with E-state index in [1.807, 2.05) is 42.5 Å². The summed E-state index contributed by atoms with van der Waals surface area (Å²) in [7, 11) is 0. The lowest BCUT2D eigenvalue weighted by Crippen LogP contribution is -1.74. The van der Waals surface area contributed by atoms with Gasteiger partial charge in [0.25, 0.3) is 0 Å². The van der Waals surface area contributed by atoms with E-state index in [1.165, 1.54) is 12.1 Å². The zero-order valence-corrected chi connectivity index (χ0v) is 9.94. The van der Waals surface area contributed by atoms with Crippen LogP contribution in [0.1, 0.15) is 17.5 Å². The van der Waals surface area contributed by atoms with E-state index in [1.54, 1.807) is 12.1 Å². The molecule has 0 radical (unpaired) electrons. The van der Waals surface area contributed by atoms with E-state index < -0.39 is 0 Å². The minimum absolute atomic E-state index is 0.212. The topological polar surface area (TPSA) is 0 Å². The summed E-state index contributed by atoms with van der Waals surface area (Å²) >= 11 is 0. The van der Waals surface area contributed by atoms with Crippen LogP contribution in [0.4, 0.5) is 4.39 Å². The highest BCUT2D eigenvalue weighted by molar-refractivity contribution is 5.49.